The minimum atomic E-state index is 0. The fourth-order valence-electron chi connectivity index (χ4n) is 4.48. The van der Waals surface area contributed by atoms with Crippen molar-refractivity contribution >= 4 is 35.6 Å². The van der Waals surface area contributed by atoms with Gasteiger partial charge >= 0.3 is 0 Å². The molecule has 2 aromatic rings. The van der Waals surface area contributed by atoms with Crippen LogP contribution in [-0.4, -0.2) is 52.4 Å². The van der Waals surface area contributed by atoms with Gasteiger partial charge in [0.15, 0.2) is 5.96 Å². The number of halogens is 1. The van der Waals surface area contributed by atoms with Crippen LogP contribution < -0.4 is 25.0 Å². The standard InChI is InChI=1S/C26H36N4O2.HI/c1-4-27-25(28-19-26(12-13-26)20-8-6-5-7-9-20)29-21-10-14-30(15-11-21)22-16-23(31-2)18-24(17-22)32-3;/h5-9,16-18,21H,4,10-15,19H2,1-3H3,(H2,27,28,29);1H. The maximum Gasteiger partial charge on any atom is 0.191 e. The highest BCUT2D eigenvalue weighted by Crippen LogP contribution is 2.48. The lowest BCUT2D eigenvalue weighted by Gasteiger charge is -2.35. The molecule has 0 aromatic heterocycles. The predicted octanol–water partition coefficient (Wildman–Crippen LogP) is 4.58. The quantitative estimate of drug-likeness (QED) is 0.280. The molecular formula is C26H37IN4O2. The number of nitrogens with one attached hydrogen (secondary N) is 2. The number of nitrogens with zero attached hydrogens (tertiary/aromatic N) is 2. The zero-order valence-corrected chi connectivity index (χ0v) is 22.3. The Kier molecular flexibility index (Phi) is 9.11. The van der Waals surface area contributed by atoms with E-state index in [0.717, 1.165) is 62.2 Å². The summed E-state index contributed by atoms with van der Waals surface area (Å²) in [6.07, 6.45) is 4.58. The molecule has 1 heterocycles. The van der Waals surface area contributed by atoms with E-state index in [0.29, 0.717) is 6.04 Å². The maximum absolute atomic E-state index is 5.44. The molecule has 0 unspecified atom stereocenters. The van der Waals surface area contributed by atoms with E-state index in [1.54, 1.807) is 14.2 Å². The minimum Gasteiger partial charge on any atom is -0.497 e. The van der Waals surface area contributed by atoms with Crippen LogP contribution in [0.4, 0.5) is 5.69 Å². The van der Waals surface area contributed by atoms with Gasteiger partial charge in [-0.05, 0) is 38.2 Å². The number of guanidine groups is 1. The van der Waals surface area contributed by atoms with Crippen molar-refractivity contribution in [3.05, 3.63) is 54.1 Å². The average molecular weight is 565 g/mol. The van der Waals surface area contributed by atoms with Crippen molar-refractivity contribution in [2.24, 2.45) is 4.99 Å². The van der Waals surface area contributed by atoms with Crippen molar-refractivity contribution in [3.63, 3.8) is 0 Å². The van der Waals surface area contributed by atoms with Crippen molar-refractivity contribution in [2.75, 3.05) is 45.3 Å². The van der Waals surface area contributed by atoms with Gasteiger partial charge in [-0.25, -0.2) is 0 Å². The summed E-state index contributed by atoms with van der Waals surface area (Å²) >= 11 is 0. The van der Waals surface area contributed by atoms with Crippen LogP contribution in [0.25, 0.3) is 0 Å². The summed E-state index contributed by atoms with van der Waals surface area (Å²) in [5.41, 5.74) is 2.80. The Bertz CT molecular complexity index is 888. The molecule has 33 heavy (non-hydrogen) atoms. The second-order valence-corrected chi connectivity index (χ2v) is 8.82. The highest BCUT2D eigenvalue weighted by atomic mass is 127. The normalized spacial score (nSPS) is 17.7. The fraction of sp³-hybridized carbons (Fsp3) is 0.500. The summed E-state index contributed by atoms with van der Waals surface area (Å²) in [4.78, 5) is 7.39. The molecule has 4 rings (SSSR count). The smallest absolute Gasteiger partial charge is 0.191 e. The molecule has 2 N–H and O–H groups in total. The van der Waals surface area contributed by atoms with E-state index in [4.69, 9.17) is 14.5 Å². The average Bonchev–Trinajstić information content (AvgIpc) is 3.64. The second kappa shape index (κ2) is 11.8. The minimum absolute atomic E-state index is 0. The van der Waals surface area contributed by atoms with Crippen molar-refractivity contribution in [1.29, 1.82) is 0 Å². The van der Waals surface area contributed by atoms with Gasteiger partial charge in [-0.1, -0.05) is 30.3 Å². The summed E-state index contributed by atoms with van der Waals surface area (Å²) in [6.45, 7) is 5.81. The lowest BCUT2D eigenvalue weighted by Crippen LogP contribution is -2.49. The van der Waals surface area contributed by atoms with Gasteiger partial charge in [-0.3, -0.25) is 4.99 Å². The number of aliphatic imine (C=N–C) groups is 1. The first-order valence-electron chi connectivity index (χ1n) is 11.7. The molecule has 1 aliphatic heterocycles. The molecule has 1 saturated heterocycles. The van der Waals surface area contributed by atoms with Crippen LogP contribution in [0.15, 0.2) is 53.5 Å². The van der Waals surface area contributed by atoms with Crippen LogP contribution in [0.2, 0.25) is 0 Å². The summed E-state index contributed by atoms with van der Waals surface area (Å²) in [5.74, 6) is 2.60. The number of methoxy groups -OCH3 is 2. The molecular weight excluding hydrogens is 527 g/mol. The van der Waals surface area contributed by atoms with Crippen molar-refractivity contribution < 1.29 is 9.47 Å². The van der Waals surface area contributed by atoms with E-state index in [1.165, 1.54) is 18.4 Å². The predicted molar refractivity (Wildman–Crippen MR) is 147 cm³/mol. The first kappa shape index (κ1) is 25.5. The zero-order chi connectivity index (χ0) is 22.4. The van der Waals surface area contributed by atoms with Gasteiger partial charge in [0.1, 0.15) is 11.5 Å². The number of piperidine rings is 1. The molecule has 0 atom stereocenters. The van der Waals surface area contributed by atoms with Crippen LogP contribution in [0.1, 0.15) is 38.2 Å². The molecule has 6 nitrogen and oxygen atoms in total. The first-order chi connectivity index (χ1) is 15.7. The van der Waals surface area contributed by atoms with Crippen LogP contribution >= 0.6 is 24.0 Å². The van der Waals surface area contributed by atoms with Gasteiger partial charge in [0.05, 0.1) is 20.8 Å². The molecule has 7 heteroatoms. The molecule has 1 saturated carbocycles. The molecule has 0 radical (unpaired) electrons. The van der Waals surface area contributed by atoms with Gasteiger partial charge in [0.25, 0.3) is 0 Å². The summed E-state index contributed by atoms with van der Waals surface area (Å²) in [7, 11) is 3.39. The Hall–Kier alpha value is -2.16. The number of anilines is 1. The Morgan fingerprint density at radius 3 is 2.21 bits per heavy atom. The van der Waals surface area contributed by atoms with Crippen molar-refractivity contribution in [3.8, 4) is 11.5 Å². The third kappa shape index (κ3) is 6.46. The fourth-order valence-corrected chi connectivity index (χ4v) is 4.48. The van der Waals surface area contributed by atoms with E-state index in [9.17, 15) is 0 Å². The highest BCUT2D eigenvalue weighted by molar-refractivity contribution is 14.0. The SMILES string of the molecule is CCNC(=NCC1(c2ccccc2)CC1)NC1CCN(c2cc(OC)cc(OC)c2)CC1.I. The van der Waals surface area contributed by atoms with Gasteiger partial charge < -0.3 is 25.0 Å². The lowest BCUT2D eigenvalue weighted by atomic mass is 9.96. The Morgan fingerprint density at radius 2 is 1.67 bits per heavy atom. The van der Waals surface area contributed by atoms with E-state index in [1.807, 2.05) is 6.07 Å². The van der Waals surface area contributed by atoms with E-state index in [-0.39, 0.29) is 29.4 Å². The van der Waals surface area contributed by atoms with Crippen LogP contribution in [-0.2, 0) is 5.41 Å². The van der Waals surface area contributed by atoms with Crippen molar-refractivity contribution in [1.82, 2.24) is 10.6 Å². The van der Waals surface area contributed by atoms with Crippen LogP contribution in [0.3, 0.4) is 0 Å². The van der Waals surface area contributed by atoms with Gasteiger partial charge in [0, 0.05) is 55.0 Å². The number of rotatable bonds is 8. The lowest BCUT2D eigenvalue weighted by molar-refractivity contribution is 0.393. The van der Waals surface area contributed by atoms with Crippen LogP contribution in [0.5, 0.6) is 11.5 Å². The van der Waals surface area contributed by atoms with E-state index < -0.39 is 0 Å². The summed E-state index contributed by atoms with van der Waals surface area (Å²) in [6, 6.07) is 17.3. The van der Waals surface area contributed by atoms with E-state index >= 15 is 0 Å². The van der Waals surface area contributed by atoms with E-state index in [2.05, 4.69) is 64.9 Å². The maximum atomic E-state index is 5.44. The molecule has 2 fully saturated rings. The Labute approximate surface area is 215 Å². The van der Waals surface area contributed by atoms with Crippen LogP contribution in [0, 0.1) is 0 Å². The number of ether oxygens (including phenoxy) is 2. The third-order valence-corrected chi connectivity index (χ3v) is 6.66. The largest absolute Gasteiger partial charge is 0.497 e. The summed E-state index contributed by atoms with van der Waals surface area (Å²) < 4.78 is 10.9. The molecule has 0 bridgehead atoms. The Morgan fingerprint density at radius 1 is 1.03 bits per heavy atom. The van der Waals surface area contributed by atoms with Gasteiger partial charge in [0.2, 0.25) is 0 Å². The Balaban J connectivity index is 0.00000306. The molecule has 2 aliphatic rings. The second-order valence-electron chi connectivity index (χ2n) is 8.82. The van der Waals surface area contributed by atoms with Gasteiger partial charge in [-0.2, -0.15) is 0 Å². The van der Waals surface area contributed by atoms with Crippen molar-refractivity contribution in [2.45, 2.75) is 44.1 Å². The number of hydrogen-bond donors (Lipinski definition) is 2. The summed E-state index contributed by atoms with van der Waals surface area (Å²) in [5, 5.41) is 7.14. The topological polar surface area (TPSA) is 58.1 Å². The highest BCUT2D eigenvalue weighted by Gasteiger charge is 2.44. The van der Waals surface area contributed by atoms with Gasteiger partial charge in [-0.15, -0.1) is 24.0 Å². The molecule has 180 valence electrons. The third-order valence-electron chi connectivity index (χ3n) is 6.66. The number of benzene rings is 2. The number of hydrogen-bond acceptors (Lipinski definition) is 4. The zero-order valence-electron chi connectivity index (χ0n) is 20.0. The molecule has 1 aliphatic carbocycles. The molecule has 0 amide bonds. The monoisotopic (exact) mass is 564 g/mol. The molecule has 2 aromatic carbocycles. The molecule has 0 spiro atoms. The first-order valence-corrected chi connectivity index (χ1v) is 11.7.